The number of methoxy groups -OCH3 is 1. The van der Waals surface area contributed by atoms with Crippen molar-refractivity contribution >= 4 is 57.5 Å². The summed E-state index contributed by atoms with van der Waals surface area (Å²) >= 11 is 0. The zero-order valence-electron chi connectivity index (χ0n) is 18.8. The van der Waals surface area contributed by atoms with E-state index in [1.54, 1.807) is 36.3 Å². The fourth-order valence-corrected chi connectivity index (χ4v) is 3.59. The average Bonchev–Trinajstić information content (AvgIpc) is 3.35. The molecule has 0 spiro atoms. The molecule has 1 fully saturated rings. The van der Waals surface area contributed by atoms with Crippen LogP contribution < -0.4 is 15.4 Å². The molecule has 1 aliphatic carbocycles. The molecule has 13 heteroatoms. The van der Waals surface area contributed by atoms with Crippen LogP contribution in [0.3, 0.4) is 0 Å². The monoisotopic (exact) mass is 443 g/mol. The molecule has 164 valence electrons. The van der Waals surface area contributed by atoms with Crippen molar-refractivity contribution in [3.05, 3.63) is 36.8 Å². The number of amides is 1. The van der Waals surface area contributed by atoms with Crippen molar-refractivity contribution in [3.63, 3.8) is 0 Å². The van der Waals surface area contributed by atoms with E-state index < -0.39 is 12.1 Å². The molecule has 2 N–H and O–H groups in total. The van der Waals surface area contributed by atoms with Crippen LogP contribution >= 0.6 is 0 Å². The summed E-state index contributed by atoms with van der Waals surface area (Å²) in [5, 5.41) is 12.0. The number of alkyl halides is 1. The van der Waals surface area contributed by atoms with Crippen molar-refractivity contribution in [2.45, 2.75) is 17.8 Å². The van der Waals surface area contributed by atoms with Gasteiger partial charge in [0.2, 0.25) is 5.91 Å². The lowest BCUT2D eigenvalue weighted by atomic mass is 9.49. The standard InChI is InChI=1S/C20H21B3FN7O2/c1-33-9-2-3-16-28-18(30-31(16)8-9)13-7-26-17(29-20(21,22)23)12-6-25-15(5-10(12)13)27-19(32)11-4-14(11)24/h2-3,5-8,11,14H,4,21-23H2,1H3,(H,26,29)(H,25,27,32)/t11-,14+/m0/s1. The minimum absolute atomic E-state index is 0.228. The second kappa shape index (κ2) is 7.75. The molecule has 0 saturated heterocycles. The van der Waals surface area contributed by atoms with Gasteiger partial charge < -0.3 is 15.4 Å². The molecule has 1 amide bonds. The molecule has 9 nitrogen and oxygen atoms in total. The first kappa shape index (κ1) is 21.2. The number of anilines is 2. The summed E-state index contributed by atoms with van der Waals surface area (Å²) in [6.07, 6.45) is 4.27. The Morgan fingerprint density at radius 2 is 2.03 bits per heavy atom. The normalized spacial score (nSPS) is 17.8. The van der Waals surface area contributed by atoms with E-state index in [1.807, 2.05) is 35.7 Å². The van der Waals surface area contributed by atoms with E-state index in [0.29, 0.717) is 34.4 Å². The molecule has 5 rings (SSSR count). The number of pyridine rings is 3. The number of hydrogen-bond donors (Lipinski definition) is 2. The van der Waals surface area contributed by atoms with Crippen molar-refractivity contribution in [2.24, 2.45) is 5.92 Å². The van der Waals surface area contributed by atoms with Crippen LogP contribution in [0.5, 0.6) is 5.75 Å². The van der Waals surface area contributed by atoms with E-state index >= 15 is 0 Å². The molecular weight excluding hydrogens is 422 g/mol. The number of ether oxygens (including phenoxy) is 1. The molecule has 4 aromatic rings. The smallest absolute Gasteiger partial charge is 0.231 e. The number of nitrogens with zero attached hydrogens (tertiary/aromatic N) is 5. The lowest BCUT2D eigenvalue weighted by Crippen LogP contribution is -2.40. The van der Waals surface area contributed by atoms with Gasteiger partial charge in [-0.1, -0.05) is 0 Å². The van der Waals surface area contributed by atoms with Crippen molar-refractivity contribution in [1.82, 2.24) is 24.6 Å². The SMILES string of the molecule is BC(B)(B)Nc1ncc(-c2nc3ccc(OC)cn3n2)c2cc(NC(=O)[C@H]3C[C@H]3F)ncc12. The third kappa shape index (κ3) is 4.22. The minimum atomic E-state index is -1.08. The molecule has 0 unspecified atom stereocenters. The Balaban J connectivity index is 1.62. The van der Waals surface area contributed by atoms with Crippen LogP contribution in [0.2, 0.25) is 0 Å². The predicted octanol–water partition coefficient (Wildman–Crippen LogP) is -0.433. The van der Waals surface area contributed by atoms with Crippen molar-refractivity contribution < 1.29 is 13.9 Å². The quantitative estimate of drug-likeness (QED) is 0.390. The van der Waals surface area contributed by atoms with Crippen molar-refractivity contribution in [2.75, 3.05) is 17.7 Å². The lowest BCUT2D eigenvalue weighted by molar-refractivity contribution is -0.117. The fourth-order valence-electron chi connectivity index (χ4n) is 3.59. The summed E-state index contributed by atoms with van der Waals surface area (Å²) in [4.78, 5) is 25.9. The highest BCUT2D eigenvalue weighted by atomic mass is 19.1. The molecular formula is C20H21B3FN7O2. The molecule has 0 aliphatic heterocycles. The zero-order chi connectivity index (χ0) is 23.3. The number of rotatable bonds is 6. The number of fused-ring (bicyclic) bond motifs is 2. The Morgan fingerprint density at radius 1 is 1.24 bits per heavy atom. The fraction of sp³-hybridized carbons (Fsp3) is 0.250. The molecule has 1 saturated carbocycles. The van der Waals surface area contributed by atoms with Crippen LogP contribution in [0, 0.1) is 5.92 Å². The minimum Gasteiger partial charge on any atom is -0.495 e. The zero-order valence-corrected chi connectivity index (χ0v) is 18.8. The van der Waals surface area contributed by atoms with E-state index in [2.05, 4.69) is 30.7 Å². The predicted molar refractivity (Wildman–Crippen MR) is 132 cm³/mol. The molecule has 4 aromatic heterocycles. The van der Waals surface area contributed by atoms with Gasteiger partial charge in [-0.25, -0.2) is 23.9 Å². The maximum Gasteiger partial charge on any atom is 0.231 e. The highest BCUT2D eigenvalue weighted by molar-refractivity contribution is 6.60. The van der Waals surface area contributed by atoms with Gasteiger partial charge in [0, 0.05) is 28.7 Å². The maximum absolute atomic E-state index is 13.3. The summed E-state index contributed by atoms with van der Waals surface area (Å²) in [6.45, 7) is 0. The Bertz CT molecular complexity index is 1390. The number of carbonyl (C=O) groups excluding carboxylic acids is 1. The second-order valence-corrected chi connectivity index (χ2v) is 9.17. The van der Waals surface area contributed by atoms with Gasteiger partial charge in [0.25, 0.3) is 0 Å². The molecule has 2 atom stereocenters. The Kier molecular flexibility index (Phi) is 4.99. The van der Waals surface area contributed by atoms with Crippen molar-refractivity contribution in [3.8, 4) is 17.1 Å². The number of nitrogens with one attached hydrogen (secondary N) is 2. The Labute approximate surface area is 191 Å². The maximum atomic E-state index is 13.3. The number of aromatic nitrogens is 5. The first-order valence-electron chi connectivity index (χ1n) is 10.6. The van der Waals surface area contributed by atoms with Crippen molar-refractivity contribution in [1.29, 1.82) is 0 Å². The van der Waals surface area contributed by atoms with Gasteiger partial charge in [-0.3, -0.25) is 4.79 Å². The van der Waals surface area contributed by atoms with Gasteiger partial charge in [-0.2, -0.15) is 0 Å². The highest BCUT2D eigenvalue weighted by Crippen LogP contribution is 2.36. The third-order valence-corrected chi connectivity index (χ3v) is 5.35. The lowest BCUT2D eigenvalue weighted by Gasteiger charge is -2.23. The molecule has 0 aromatic carbocycles. The number of carbonyl (C=O) groups is 1. The van der Waals surface area contributed by atoms with Crippen LogP contribution in [-0.4, -0.2) is 72.5 Å². The summed E-state index contributed by atoms with van der Waals surface area (Å²) in [6, 6.07) is 5.38. The third-order valence-electron chi connectivity index (χ3n) is 5.35. The van der Waals surface area contributed by atoms with E-state index in [1.165, 1.54) is 0 Å². The largest absolute Gasteiger partial charge is 0.495 e. The molecule has 1 aliphatic rings. The van der Waals surface area contributed by atoms with Crippen LogP contribution in [0.15, 0.2) is 36.8 Å². The van der Waals surface area contributed by atoms with E-state index in [-0.39, 0.29) is 17.6 Å². The van der Waals surface area contributed by atoms with Crippen LogP contribution in [0.25, 0.3) is 27.8 Å². The first-order chi connectivity index (χ1) is 15.7. The van der Waals surface area contributed by atoms with Gasteiger partial charge in [0.15, 0.2) is 11.5 Å². The summed E-state index contributed by atoms with van der Waals surface area (Å²) in [5.41, 5.74) is 1.33. The molecule has 4 heterocycles. The van der Waals surface area contributed by atoms with Gasteiger partial charge in [0.1, 0.15) is 47.1 Å². The second-order valence-electron chi connectivity index (χ2n) is 9.17. The molecule has 0 radical (unpaired) electrons. The van der Waals surface area contributed by atoms with E-state index in [9.17, 15) is 9.18 Å². The summed E-state index contributed by atoms with van der Waals surface area (Å²) < 4.78 is 20.2. The Hall–Kier alpha value is -3.63. The number of halogens is 1. The Morgan fingerprint density at radius 3 is 2.73 bits per heavy atom. The molecule has 0 bridgehead atoms. The first-order valence-corrected chi connectivity index (χ1v) is 10.6. The van der Waals surface area contributed by atoms with E-state index in [4.69, 9.17) is 4.74 Å². The molecule has 33 heavy (non-hydrogen) atoms. The summed E-state index contributed by atoms with van der Waals surface area (Å²) in [5.74, 6) is 1.16. The van der Waals surface area contributed by atoms with Crippen LogP contribution in [0.1, 0.15) is 6.42 Å². The van der Waals surface area contributed by atoms with Gasteiger partial charge >= 0.3 is 0 Å². The van der Waals surface area contributed by atoms with Crippen LogP contribution in [0.4, 0.5) is 16.0 Å². The van der Waals surface area contributed by atoms with Gasteiger partial charge in [0.05, 0.1) is 19.2 Å². The number of hydrogen-bond acceptors (Lipinski definition) is 7. The summed E-state index contributed by atoms with van der Waals surface area (Å²) in [7, 11) is 7.70. The average molecular weight is 443 g/mol. The topological polar surface area (TPSA) is 106 Å². The van der Waals surface area contributed by atoms with Crippen LogP contribution in [-0.2, 0) is 4.79 Å². The van der Waals surface area contributed by atoms with Gasteiger partial charge in [-0.05, 0) is 29.9 Å². The highest BCUT2D eigenvalue weighted by Gasteiger charge is 2.43. The van der Waals surface area contributed by atoms with Gasteiger partial charge in [-0.15, -0.1) is 5.10 Å². The van der Waals surface area contributed by atoms with E-state index in [0.717, 1.165) is 10.8 Å².